The molecule has 0 saturated carbocycles. The first-order chi connectivity index (χ1) is 15.3. The summed E-state index contributed by atoms with van der Waals surface area (Å²) in [6.07, 6.45) is 10.8. The maximum atomic E-state index is 13.2. The third-order valence-corrected chi connectivity index (χ3v) is 6.51. The van der Waals surface area contributed by atoms with Gasteiger partial charge in [-0.05, 0) is 82.8 Å². The number of ketones is 1. The summed E-state index contributed by atoms with van der Waals surface area (Å²) in [5.74, 6) is -0.300. The number of allylic oxidation sites excluding steroid dienone is 3. The maximum Gasteiger partial charge on any atom is 0.177 e. The van der Waals surface area contributed by atoms with Crippen LogP contribution in [0.4, 0.5) is 0 Å². The second-order valence-electron chi connectivity index (χ2n) is 9.23. The summed E-state index contributed by atoms with van der Waals surface area (Å²) >= 11 is 0. The summed E-state index contributed by atoms with van der Waals surface area (Å²) < 4.78 is 0. The Hall–Kier alpha value is -2.79. The minimum absolute atomic E-state index is 0.138. The van der Waals surface area contributed by atoms with E-state index in [1.54, 1.807) is 12.3 Å². The molecule has 1 unspecified atom stereocenters. The van der Waals surface area contributed by atoms with Crippen LogP contribution in [0.3, 0.4) is 0 Å². The van der Waals surface area contributed by atoms with Gasteiger partial charge in [0.05, 0.1) is 5.52 Å². The van der Waals surface area contributed by atoms with Gasteiger partial charge in [0.1, 0.15) is 11.3 Å². The zero-order valence-corrected chi connectivity index (χ0v) is 19.8. The van der Waals surface area contributed by atoms with Crippen LogP contribution in [-0.2, 0) is 10.2 Å². The summed E-state index contributed by atoms with van der Waals surface area (Å²) in [5.41, 5.74) is 7.32. The van der Waals surface area contributed by atoms with E-state index in [4.69, 9.17) is 11.1 Å². The smallest absolute Gasteiger partial charge is 0.177 e. The summed E-state index contributed by atoms with van der Waals surface area (Å²) in [6.45, 7) is 10.0. The van der Waals surface area contributed by atoms with Crippen LogP contribution in [0.25, 0.3) is 10.9 Å². The Morgan fingerprint density at radius 3 is 2.53 bits per heavy atom. The van der Waals surface area contributed by atoms with E-state index in [-0.39, 0.29) is 11.6 Å². The fourth-order valence-electron chi connectivity index (χ4n) is 4.90. The molecule has 1 aliphatic rings. The van der Waals surface area contributed by atoms with Gasteiger partial charge in [-0.25, -0.2) is 0 Å². The van der Waals surface area contributed by atoms with Gasteiger partial charge in [-0.1, -0.05) is 36.8 Å². The van der Waals surface area contributed by atoms with Crippen LogP contribution in [0.2, 0.25) is 0 Å². The van der Waals surface area contributed by atoms with Crippen molar-refractivity contribution >= 4 is 22.5 Å². The van der Waals surface area contributed by atoms with Gasteiger partial charge in [-0.2, -0.15) is 0 Å². The molecule has 0 spiro atoms. The quantitative estimate of drug-likeness (QED) is 0.309. The molecule has 0 fully saturated rings. The second kappa shape index (κ2) is 10.2. The lowest BCUT2D eigenvalue weighted by Crippen LogP contribution is -2.49. The van der Waals surface area contributed by atoms with Crippen molar-refractivity contribution in [1.82, 2.24) is 9.88 Å². The molecule has 1 aromatic heterocycles. The normalized spacial score (nSPS) is 18.7. The molecule has 0 saturated heterocycles. The number of hydrogen-bond donors (Lipinski definition) is 2. The number of nitrogens with one attached hydrogen (secondary N) is 1. The van der Waals surface area contributed by atoms with Gasteiger partial charge in [-0.3, -0.25) is 20.1 Å². The first-order valence-electron chi connectivity index (χ1n) is 11.7. The number of carbonyl (C=O) groups excluding carboxylic acids is 1. The average molecular weight is 433 g/mol. The predicted molar refractivity (Wildman–Crippen MR) is 133 cm³/mol. The molecule has 0 aliphatic heterocycles. The Balaban J connectivity index is 1.80. The number of unbranched alkanes of at least 4 members (excludes halogenated alkanes) is 2. The van der Waals surface area contributed by atoms with Crippen LogP contribution in [-0.4, -0.2) is 40.1 Å². The SMILES string of the molecule is CC(C)N(CCCCCC1=CC=CC(=O)C1(C(=N)N)c1cnc2ccccc2c1)C(C)C. The number of nitrogens with two attached hydrogens (primary N) is 1. The van der Waals surface area contributed by atoms with E-state index in [0.29, 0.717) is 17.6 Å². The minimum Gasteiger partial charge on any atom is -0.386 e. The number of fused-ring (bicyclic) bond motifs is 1. The highest BCUT2D eigenvalue weighted by molar-refractivity contribution is 6.20. The number of nitrogens with zero attached hydrogens (tertiary/aromatic N) is 2. The van der Waals surface area contributed by atoms with Gasteiger partial charge in [-0.15, -0.1) is 0 Å². The van der Waals surface area contributed by atoms with Crippen molar-refractivity contribution in [3.05, 3.63) is 65.9 Å². The highest BCUT2D eigenvalue weighted by Crippen LogP contribution is 2.39. The first-order valence-corrected chi connectivity index (χ1v) is 11.7. The molecule has 32 heavy (non-hydrogen) atoms. The molecule has 1 heterocycles. The van der Waals surface area contributed by atoms with Crippen molar-refractivity contribution in [3.8, 4) is 0 Å². The molecule has 1 aromatic carbocycles. The third-order valence-electron chi connectivity index (χ3n) is 6.51. The first kappa shape index (κ1) is 23.9. The highest BCUT2D eigenvalue weighted by atomic mass is 16.1. The molecule has 1 aliphatic carbocycles. The molecule has 0 bridgehead atoms. The van der Waals surface area contributed by atoms with Crippen LogP contribution >= 0.6 is 0 Å². The summed E-state index contributed by atoms with van der Waals surface area (Å²) in [6, 6.07) is 10.8. The zero-order valence-electron chi connectivity index (χ0n) is 19.8. The number of rotatable bonds is 10. The topological polar surface area (TPSA) is 83.1 Å². The Morgan fingerprint density at radius 1 is 1.12 bits per heavy atom. The largest absolute Gasteiger partial charge is 0.386 e. The van der Waals surface area contributed by atoms with Gasteiger partial charge >= 0.3 is 0 Å². The Labute approximate surface area is 191 Å². The van der Waals surface area contributed by atoms with Crippen molar-refractivity contribution in [2.75, 3.05) is 6.54 Å². The molecule has 5 nitrogen and oxygen atoms in total. The Bertz CT molecular complexity index is 1030. The van der Waals surface area contributed by atoms with Gasteiger partial charge in [0.2, 0.25) is 0 Å². The van der Waals surface area contributed by atoms with Crippen molar-refractivity contribution in [3.63, 3.8) is 0 Å². The molecule has 0 radical (unpaired) electrons. The number of carbonyl (C=O) groups is 1. The van der Waals surface area contributed by atoms with Crippen LogP contribution in [0.1, 0.15) is 58.9 Å². The molecule has 3 rings (SSSR count). The Kier molecular flexibility index (Phi) is 7.62. The van der Waals surface area contributed by atoms with Crippen LogP contribution in [0, 0.1) is 5.41 Å². The number of pyridine rings is 1. The van der Waals surface area contributed by atoms with Gasteiger partial charge in [0.15, 0.2) is 5.78 Å². The molecule has 0 amide bonds. The third kappa shape index (κ3) is 4.68. The van der Waals surface area contributed by atoms with Crippen LogP contribution in [0.5, 0.6) is 0 Å². The van der Waals surface area contributed by atoms with Gasteiger partial charge < -0.3 is 5.73 Å². The average Bonchev–Trinajstić information content (AvgIpc) is 2.75. The summed E-state index contributed by atoms with van der Waals surface area (Å²) in [5, 5.41) is 9.40. The van der Waals surface area contributed by atoms with Crippen molar-refractivity contribution < 1.29 is 4.79 Å². The van der Waals surface area contributed by atoms with Gasteiger partial charge in [0.25, 0.3) is 0 Å². The molecular formula is C27H36N4O. The summed E-state index contributed by atoms with van der Waals surface area (Å²) in [4.78, 5) is 20.3. The van der Waals surface area contributed by atoms with Crippen LogP contribution in [0.15, 0.2) is 60.3 Å². The number of para-hydroxylation sites is 1. The number of benzene rings is 1. The lowest BCUT2D eigenvalue weighted by atomic mass is 9.66. The maximum absolute atomic E-state index is 13.2. The number of aromatic nitrogens is 1. The monoisotopic (exact) mass is 432 g/mol. The Morgan fingerprint density at radius 2 is 1.84 bits per heavy atom. The van der Waals surface area contributed by atoms with Crippen LogP contribution < -0.4 is 5.73 Å². The van der Waals surface area contributed by atoms with E-state index in [2.05, 4.69) is 37.6 Å². The fourth-order valence-corrected chi connectivity index (χ4v) is 4.90. The number of amidine groups is 1. The molecular weight excluding hydrogens is 396 g/mol. The zero-order chi connectivity index (χ0) is 23.3. The van der Waals surface area contributed by atoms with E-state index >= 15 is 0 Å². The van der Waals surface area contributed by atoms with E-state index in [9.17, 15) is 4.79 Å². The standard InChI is InChI=1S/C27H36N4O/c1-19(2)31(20(3)4)16-9-5-6-12-22-13-10-15-25(32)27(22,26(28)29)23-17-21-11-7-8-14-24(21)30-18-23/h7-8,10-11,13-15,17-20H,5-6,9,12,16H2,1-4H3,(H3,28,29). The molecule has 170 valence electrons. The fraction of sp³-hybridized carbons (Fsp3) is 0.444. The predicted octanol–water partition coefficient (Wildman–Crippen LogP) is 5.15. The number of hydrogen-bond acceptors (Lipinski definition) is 4. The van der Waals surface area contributed by atoms with Crippen molar-refractivity contribution in [2.24, 2.45) is 5.73 Å². The van der Waals surface area contributed by atoms with E-state index < -0.39 is 5.41 Å². The minimum atomic E-state index is -1.26. The lowest BCUT2D eigenvalue weighted by molar-refractivity contribution is -0.117. The van der Waals surface area contributed by atoms with E-state index in [1.807, 2.05) is 36.4 Å². The second-order valence-corrected chi connectivity index (χ2v) is 9.23. The van der Waals surface area contributed by atoms with Gasteiger partial charge in [0, 0.05) is 23.7 Å². The molecule has 5 heteroatoms. The molecule has 1 atom stereocenters. The highest BCUT2D eigenvalue weighted by Gasteiger charge is 2.46. The van der Waals surface area contributed by atoms with Crippen molar-refractivity contribution in [2.45, 2.75) is 70.9 Å². The molecule has 2 aromatic rings. The van der Waals surface area contributed by atoms with Crippen molar-refractivity contribution in [1.29, 1.82) is 5.41 Å². The summed E-state index contributed by atoms with van der Waals surface area (Å²) in [7, 11) is 0. The van der Waals surface area contributed by atoms with E-state index in [1.165, 1.54) is 6.08 Å². The van der Waals surface area contributed by atoms with E-state index in [0.717, 1.165) is 48.7 Å². The lowest BCUT2D eigenvalue weighted by Gasteiger charge is -2.35. The molecule has 3 N–H and O–H groups in total.